The Morgan fingerprint density at radius 2 is 1.70 bits per heavy atom. The summed E-state index contributed by atoms with van der Waals surface area (Å²) in [5.41, 5.74) is 2.26. The number of nitrogens with zero attached hydrogens (tertiary/aromatic N) is 2. The summed E-state index contributed by atoms with van der Waals surface area (Å²) in [6, 6.07) is 8.13. The van der Waals surface area contributed by atoms with Crippen molar-refractivity contribution in [2.75, 3.05) is 39.3 Å². The molecular formula is C22H33N3O2. The molecule has 1 N–H and O–H groups in total. The van der Waals surface area contributed by atoms with E-state index in [0.717, 1.165) is 18.7 Å². The number of piperazine rings is 1. The van der Waals surface area contributed by atoms with Gasteiger partial charge in [0.1, 0.15) is 0 Å². The first-order valence-corrected chi connectivity index (χ1v) is 10.3. The number of carbonyl (C=O) groups is 2. The number of piperidine rings is 1. The number of hydrogen-bond donors (Lipinski definition) is 1. The van der Waals surface area contributed by atoms with Gasteiger partial charge in [0.25, 0.3) is 0 Å². The topological polar surface area (TPSA) is 52.7 Å². The van der Waals surface area contributed by atoms with E-state index < -0.39 is 0 Å². The maximum absolute atomic E-state index is 12.7. The lowest BCUT2D eigenvalue weighted by atomic mass is 9.85. The van der Waals surface area contributed by atoms with E-state index >= 15 is 0 Å². The number of amides is 2. The van der Waals surface area contributed by atoms with Crippen molar-refractivity contribution in [3.8, 4) is 0 Å². The third-order valence-corrected chi connectivity index (χ3v) is 6.10. The lowest BCUT2D eigenvalue weighted by Crippen LogP contribution is -2.51. The molecule has 2 saturated heterocycles. The van der Waals surface area contributed by atoms with Crippen molar-refractivity contribution in [2.45, 2.75) is 39.5 Å². The fourth-order valence-electron chi connectivity index (χ4n) is 4.13. The van der Waals surface area contributed by atoms with Gasteiger partial charge in [0.2, 0.25) is 11.8 Å². The van der Waals surface area contributed by atoms with Gasteiger partial charge in [-0.2, -0.15) is 0 Å². The molecule has 2 aliphatic rings. The third-order valence-electron chi connectivity index (χ3n) is 6.10. The highest BCUT2D eigenvalue weighted by atomic mass is 16.2. The number of aryl methyl sites for hydroxylation is 1. The Kier molecular flexibility index (Phi) is 6.89. The van der Waals surface area contributed by atoms with Gasteiger partial charge in [-0.05, 0) is 50.3 Å². The number of rotatable bonds is 5. The Morgan fingerprint density at radius 3 is 2.30 bits per heavy atom. The van der Waals surface area contributed by atoms with Crippen molar-refractivity contribution < 1.29 is 9.59 Å². The molecule has 2 heterocycles. The van der Waals surface area contributed by atoms with Crippen molar-refractivity contribution in [2.24, 2.45) is 11.8 Å². The van der Waals surface area contributed by atoms with Gasteiger partial charge in [0.15, 0.2) is 0 Å². The molecule has 2 unspecified atom stereocenters. The van der Waals surface area contributed by atoms with Crippen molar-refractivity contribution in [3.05, 3.63) is 35.4 Å². The molecule has 0 saturated carbocycles. The highest BCUT2D eigenvalue weighted by molar-refractivity contribution is 5.80. The van der Waals surface area contributed by atoms with E-state index in [-0.39, 0.29) is 11.8 Å². The van der Waals surface area contributed by atoms with E-state index in [0.29, 0.717) is 50.9 Å². The lowest BCUT2D eigenvalue weighted by molar-refractivity contribution is -0.140. The van der Waals surface area contributed by atoms with Gasteiger partial charge in [-0.3, -0.25) is 9.59 Å². The van der Waals surface area contributed by atoms with Gasteiger partial charge in [-0.25, -0.2) is 0 Å². The minimum Gasteiger partial charge on any atom is -0.339 e. The molecule has 2 atom stereocenters. The van der Waals surface area contributed by atoms with Gasteiger partial charge in [0.05, 0.1) is 6.42 Å². The summed E-state index contributed by atoms with van der Waals surface area (Å²) in [6.07, 6.45) is 3.51. The lowest BCUT2D eigenvalue weighted by Gasteiger charge is -2.36. The van der Waals surface area contributed by atoms with Crippen LogP contribution in [0.15, 0.2) is 24.3 Å². The molecule has 148 valence electrons. The SMILES string of the molecule is Cc1ccc(CC(=O)N2CCN(C(=O)CC(C)C3CCCNC3)CC2)cc1. The largest absolute Gasteiger partial charge is 0.339 e. The predicted molar refractivity (Wildman–Crippen MR) is 107 cm³/mol. The molecule has 3 rings (SSSR count). The number of nitrogens with one attached hydrogen (secondary N) is 1. The maximum Gasteiger partial charge on any atom is 0.227 e. The van der Waals surface area contributed by atoms with Gasteiger partial charge in [-0.1, -0.05) is 36.8 Å². The molecule has 0 aromatic heterocycles. The molecule has 2 aliphatic heterocycles. The zero-order valence-corrected chi connectivity index (χ0v) is 16.7. The molecule has 1 aromatic rings. The number of benzene rings is 1. The van der Waals surface area contributed by atoms with Crippen LogP contribution in [-0.4, -0.2) is 60.9 Å². The van der Waals surface area contributed by atoms with Crippen LogP contribution in [0.4, 0.5) is 0 Å². The molecular weight excluding hydrogens is 338 g/mol. The molecule has 0 aliphatic carbocycles. The fourth-order valence-corrected chi connectivity index (χ4v) is 4.13. The van der Waals surface area contributed by atoms with Crippen LogP contribution < -0.4 is 5.32 Å². The molecule has 0 bridgehead atoms. The first kappa shape index (κ1) is 19.9. The van der Waals surface area contributed by atoms with Crippen LogP contribution in [0, 0.1) is 18.8 Å². The van der Waals surface area contributed by atoms with Crippen molar-refractivity contribution in [3.63, 3.8) is 0 Å². The Labute approximate surface area is 163 Å². The Morgan fingerprint density at radius 1 is 1.07 bits per heavy atom. The highest BCUT2D eigenvalue weighted by Gasteiger charge is 2.27. The Bertz CT molecular complexity index is 629. The predicted octanol–water partition coefficient (Wildman–Crippen LogP) is 2.23. The normalized spacial score (nSPS) is 21.8. The zero-order valence-electron chi connectivity index (χ0n) is 16.7. The van der Waals surface area contributed by atoms with Crippen molar-refractivity contribution in [1.29, 1.82) is 0 Å². The Hall–Kier alpha value is -1.88. The average molecular weight is 372 g/mol. The minimum atomic E-state index is 0.160. The monoisotopic (exact) mass is 371 g/mol. The average Bonchev–Trinajstić information content (AvgIpc) is 2.70. The summed E-state index contributed by atoms with van der Waals surface area (Å²) >= 11 is 0. The molecule has 2 amide bonds. The van der Waals surface area contributed by atoms with Crippen LogP contribution in [0.3, 0.4) is 0 Å². The number of hydrogen-bond acceptors (Lipinski definition) is 3. The van der Waals surface area contributed by atoms with Crippen LogP contribution >= 0.6 is 0 Å². The van der Waals surface area contributed by atoms with E-state index in [2.05, 4.69) is 12.2 Å². The Balaban J connectivity index is 1.42. The molecule has 0 radical (unpaired) electrons. The van der Waals surface area contributed by atoms with Crippen LogP contribution in [0.2, 0.25) is 0 Å². The van der Waals surface area contributed by atoms with Gasteiger partial charge in [-0.15, -0.1) is 0 Å². The second-order valence-corrected chi connectivity index (χ2v) is 8.21. The van der Waals surface area contributed by atoms with Gasteiger partial charge in [0, 0.05) is 32.6 Å². The second kappa shape index (κ2) is 9.36. The van der Waals surface area contributed by atoms with Crippen molar-refractivity contribution in [1.82, 2.24) is 15.1 Å². The van der Waals surface area contributed by atoms with Crippen LogP contribution in [0.1, 0.15) is 37.3 Å². The molecule has 1 aromatic carbocycles. The molecule has 5 nitrogen and oxygen atoms in total. The summed E-state index contributed by atoms with van der Waals surface area (Å²) in [6.45, 7) is 9.02. The number of carbonyl (C=O) groups excluding carboxylic acids is 2. The first-order chi connectivity index (χ1) is 13.0. The van der Waals surface area contributed by atoms with Crippen LogP contribution in [-0.2, 0) is 16.0 Å². The highest BCUT2D eigenvalue weighted by Crippen LogP contribution is 2.23. The van der Waals surface area contributed by atoms with E-state index in [9.17, 15) is 9.59 Å². The maximum atomic E-state index is 12.7. The molecule has 5 heteroatoms. The quantitative estimate of drug-likeness (QED) is 0.864. The minimum absolute atomic E-state index is 0.160. The summed E-state index contributed by atoms with van der Waals surface area (Å²) in [4.78, 5) is 29.0. The summed E-state index contributed by atoms with van der Waals surface area (Å²) < 4.78 is 0. The summed E-state index contributed by atoms with van der Waals surface area (Å²) in [7, 11) is 0. The van der Waals surface area contributed by atoms with Gasteiger partial charge < -0.3 is 15.1 Å². The van der Waals surface area contributed by atoms with E-state index in [1.165, 1.54) is 18.4 Å². The van der Waals surface area contributed by atoms with E-state index in [1.54, 1.807) is 0 Å². The molecule has 0 spiro atoms. The zero-order chi connectivity index (χ0) is 19.2. The fraction of sp³-hybridized carbons (Fsp3) is 0.636. The molecule has 2 fully saturated rings. The van der Waals surface area contributed by atoms with E-state index in [1.807, 2.05) is 41.0 Å². The third kappa shape index (κ3) is 5.55. The second-order valence-electron chi connectivity index (χ2n) is 8.21. The van der Waals surface area contributed by atoms with E-state index in [4.69, 9.17) is 0 Å². The standard InChI is InChI=1S/C22H33N3O2/c1-17-5-7-19(8-6-17)15-22(27)25-12-10-24(11-13-25)21(26)14-18(2)20-4-3-9-23-16-20/h5-8,18,20,23H,3-4,9-16H2,1-2H3. The smallest absolute Gasteiger partial charge is 0.227 e. The summed E-state index contributed by atoms with van der Waals surface area (Å²) in [5, 5.41) is 3.44. The first-order valence-electron chi connectivity index (χ1n) is 10.3. The van der Waals surface area contributed by atoms with Gasteiger partial charge >= 0.3 is 0 Å². The molecule has 27 heavy (non-hydrogen) atoms. The van der Waals surface area contributed by atoms with Crippen LogP contribution in [0.5, 0.6) is 0 Å². The van der Waals surface area contributed by atoms with Crippen molar-refractivity contribution >= 4 is 11.8 Å². The summed E-state index contributed by atoms with van der Waals surface area (Å²) in [5.74, 6) is 1.44. The van der Waals surface area contributed by atoms with Crippen LogP contribution in [0.25, 0.3) is 0 Å².